The van der Waals surface area contributed by atoms with Crippen molar-refractivity contribution in [3.8, 4) is 5.75 Å². The molecule has 0 bridgehead atoms. The van der Waals surface area contributed by atoms with Gasteiger partial charge in [-0.1, -0.05) is 12.1 Å². The average molecular weight is 340 g/mol. The Morgan fingerprint density at radius 1 is 1.04 bits per heavy atom. The molecule has 0 unspecified atom stereocenters. The first-order chi connectivity index (χ1) is 12.0. The topological polar surface area (TPSA) is 111 Å². The standard InChI is InChI=1S/C19H16O6/c20-9-13-2-1-11(5-14(13)10-21)16(22)7-17(23)15-6-12-3-4-25-19(12)8-18(15)24/h1-8,20-22,24H,9-10H2/b16-7-. The van der Waals surface area contributed by atoms with Crippen LogP contribution in [-0.4, -0.2) is 26.2 Å². The maximum atomic E-state index is 12.4. The van der Waals surface area contributed by atoms with Crippen molar-refractivity contribution in [2.24, 2.45) is 0 Å². The van der Waals surface area contributed by atoms with Gasteiger partial charge in [0, 0.05) is 23.1 Å². The van der Waals surface area contributed by atoms with Gasteiger partial charge in [0.05, 0.1) is 25.0 Å². The molecule has 4 N–H and O–H groups in total. The molecule has 0 saturated heterocycles. The van der Waals surface area contributed by atoms with Crippen molar-refractivity contribution in [1.29, 1.82) is 0 Å². The minimum Gasteiger partial charge on any atom is -0.507 e. The zero-order valence-corrected chi connectivity index (χ0v) is 13.1. The number of allylic oxidation sites excluding steroid dienone is 1. The largest absolute Gasteiger partial charge is 0.507 e. The van der Waals surface area contributed by atoms with E-state index in [1.54, 1.807) is 12.1 Å². The van der Waals surface area contributed by atoms with Gasteiger partial charge in [-0.15, -0.1) is 0 Å². The third-order valence-electron chi connectivity index (χ3n) is 3.95. The number of phenols is 1. The molecular formula is C19H16O6. The Labute approximate surface area is 142 Å². The number of fused-ring (bicyclic) bond motifs is 1. The van der Waals surface area contributed by atoms with E-state index in [2.05, 4.69) is 0 Å². The lowest BCUT2D eigenvalue weighted by molar-refractivity contribution is 0.104. The second-order valence-electron chi connectivity index (χ2n) is 5.52. The van der Waals surface area contributed by atoms with Crippen molar-refractivity contribution in [3.05, 3.63) is 71.0 Å². The van der Waals surface area contributed by atoms with Crippen LogP contribution in [0.15, 0.2) is 53.2 Å². The summed E-state index contributed by atoms with van der Waals surface area (Å²) in [5, 5.41) is 39.3. The van der Waals surface area contributed by atoms with Crippen LogP contribution in [0.5, 0.6) is 5.75 Å². The summed E-state index contributed by atoms with van der Waals surface area (Å²) in [4.78, 5) is 12.4. The molecule has 0 aliphatic rings. The molecule has 0 amide bonds. The van der Waals surface area contributed by atoms with Crippen molar-refractivity contribution in [2.45, 2.75) is 13.2 Å². The maximum absolute atomic E-state index is 12.4. The van der Waals surface area contributed by atoms with Gasteiger partial charge in [0.1, 0.15) is 17.1 Å². The predicted molar refractivity (Wildman–Crippen MR) is 91.1 cm³/mol. The Balaban J connectivity index is 1.95. The molecular weight excluding hydrogens is 324 g/mol. The molecule has 6 nitrogen and oxygen atoms in total. The summed E-state index contributed by atoms with van der Waals surface area (Å²) in [6.45, 7) is -0.541. The normalized spacial score (nSPS) is 11.8. The van der Waals surface area contributed by atoms with Gasteiger partial charge < -0.3 is 24.8 Å². The number of hydrogen-bond acceptors (Lipinski definition) is 6. The molecule has 3 rings (SSSR count). The van der Waals surface area contributed by atoms with E-state index in [4.69, 9.17) is 4.42 Å². The van der Waals surface area contributed by atoms with Crippen LogP contribution in [0.2, 0.25) is 0 Å². The van der Waals surface area contributed by atoms with Crippen LogP contribution in [-0.2, 0) is 13.2 Å². The highest BCUT2D eigenvalue weighted by Crippen LogP contribution is 2.27. The fourth-order valence-electron chi connectivity index (χ4n) is 2.57. The molecule has 0 radical (unpaired) electrons. The van der Waals surface area contributed by atoms with Crippen LogP contribution in [0.4, 0.5) is 0 Å². The number of furan rings is 1. The quantitative estimate of drug-likeness (QED) is 0.323. The van der Waals surface area contributed by atoms with Gasteiger partial charge in [-0.05, 0) is 29.3 Å². The highest BCUT2D eigenvalue weighted by atomic mass is 16.3. The number of carbonyl (C=O) groups is 1. The third-order valence-corrected chi connectivity index (χ3v) is 3.95. The number of benzene rings is 2. The Kier molecular flexibility index (Phi) is 4.56. The Morgan fingerprint density at radius 3 is 2.52 bits per heavy atom. The number of aliphatic hydroxyl groups is 3. The molecule has 0 saturated carbocycles. The Morgan fingerprint density at radius 2 is 1.80 bits per heavy atom. The van der Waals surface area contributed by atoms with Gasteiger partial charge in [0.25, 0.3) is 0 Å². The summed E-state index contributed by atoms with van der Waals surface area (Å²) in [7, 11) is 0. The lowest BCUT2D eigenvalue weighted by atomic mass is 10.0. The molecule has 25 heavy (non-hydrogen) atoms. The number of hydrogen-bond donors (Lipinski definition) is 4. The van der Waals surface area contributed by atoms with Crippen LogP contribution in [0.1, 0.15) is 27.0 Å². The smallest absolute Gasteiger partial charge is 0.193 e. The fraction of sp³-hybridized carbons (Fsp3) is 0.105. The van der Waals surface area contributed by atoms with Gasteiger partial charge in [0.2, 0.25) is 0 Å². The molecule has 0 aliphatic carbocycles. The first-order valence-electron chi connectivity index (χ1n) is 7.52. The van der Waals surface area contributed by atoms with Gasteiger partial charge in [0.15, 0.2) is 5.78 Å². The van der Waals surface area contributed by atoms with Crippen LogP contribution >= 0.6 is 0 Å². The number of aliphatic hydroxyl groups excluding tert-OH is 3. The fourth-order valence-corrected chi connectivity index (χ4v) is 2.57. The molecule has 3 aromatic rings. The van der Waals surface area contributed by atoms with Gasteiger partial charge in [-0.25, -0.2) is 0 Å². The average Bonchev–Trinajstić information content (AvgIpc) is 3.07. The SMILES string of the molecule is O=C(/C=C(\O)c1ccc(CO)c(CO)c1)c1cc2ccoc2cc1O. The molecule has 1 heterocycles. The van der Waals surface area contributed by atoms with Crippen molar-refractivity contribution < 1.29 is 29.6 Å². The number of aromatic hydroxyl groups is 1. The second-order valence-corrected chi connectivity index (χ2v) is 5.52. The number of phenolic OH excluding ortho intramolecular Hbond substituents is 1. The van der Waals surface area contributed by atoms with Gasteiger partial charge >= 0.3 is 0 Å². The highest BCUT2D eigenvalue weighted by Gasteiger charge is 2.14. The van der Waals surface area contributed by atoms with E-state index >= 15 is 0 Å². The molecule has 0 fully saturated rings. The van der Waals surface area contributed by atoms with Crippen LogP contribution < -0.4 is 0 Å². The summed E-state index contributed by atoms with van der Waals surface area (Å²) in [5.41, 5.74) is 1.80. The van der Waals surface area contributed by atoms with E-state index in [1.807, 2.05) is 0 Å². The summed E-state index contributed by atoms with van der Waals surface area (Å²) >= 11 is 0. The second kappa shape index (κ2) is 6.80. The minimum atomic E-state index is -0.574. The van der Waals surface area contributed by atoms with E-state index in [1.165, 1.54) is 30.5 Å². The molecule has 128 valence electrons. The molecule has 0 atom stereocenters. The number of ketones is 1. The lowest BCUT2D eigenvalue weighted by Crippen LogP contribution is -1.99. The maximum Gasteiger partial charge on any atom is 0.193 e. The monoisotopic (exact) mass is 340 g/mol. The van der Waals surface area contributed by atoms with E-state index < -0.39 is 5.78 Å². The van der Waals surface area contributed by atoms with Crippen LogP contribution in [0.3, 0.4) is 0 Å². The highest BCUT2D eigenvalue weighted by molar-refractivity contribution is 6.11. The summed E-state index contributed by atoms with van der Waals surface area (Å²) in [6.07, 6.45) is 2.45. The molecule has 0 aliphatic heterocycles. The van der Waals surface area contributed by atoms with Gasteiger partial charge in [-0.2, -0.15) is 0 Å². The lowest BCUT2D eigenvalue weighted by Gasteiger charge is -2.08. The predicted octanol–water partition coefficient (Wildman–Crippen LogP) is 2.90. The number of carbonyl (C=O) groups excluding carboxylic acids is 1. The molecule has 2 aromatic carbocycles. The summed E-state index contributed by atoms with van der Waals surface area (Å²) < 4.78 is 5.15. The summed E-state index contributed by atoms with van der Waals surface area (Å²) in [5.74, 6) is -1.13. The van der Waals surface area contributed by atoms with Gasteiger partial charge in [-0.3, -0.25) is 4.79 Å². The number of rotatable bonds is 5. The molecule has 0 spiro atoms. The minimum absolute atomic E-state index is 0.0369. The van der Waals surface area contributed by atoms with Crippen molar-refractivity contribution in [2.75, 3.05) is 0 Å². The molecule has 6 heteroatoms. The first-order valence-corrected chi connectivity index (χ1v) is 7.52. The Hall–Kier alpha value is -3.09. The summed E-state index contributed by atoms with van der Waals surface area (Å²) in [6, 6.07) is 9.06. The van der Waals surface area contributed by atoms with E-state index in [0.29, 0.717) is 27.7 Å². The zero-order valence-electron chi connectivity index (χ0n) is 13.1. The van der Waals surface area contributed by atoms with E-state index in [-0.39, 0.29) is 30.3 Å². The third kappa shape index (κ3) is 3.26. The van der Waals surface area contributed by atoms with Crippen molar-refractivity contribution >= 4 is 22.5 Å². The first kappa shape index (κ1) is 16.8. The zero-order chi connectivity index (χ0) is 18.0. The van der Waals surface area contributed by atoms with Crippen LogP contribution in [0.25, 0.3) is 16.7 Å². The van der Waals surface area contributed by atoms with Crippen LogP contribution in [0, 0.1) is 0 Å². The van der Waals surface area contributed by atoms with Crippen molar-refractivity contribution in [1.82, 2.24) is 0 Å². The van der Waals surface area contributed by atoms with E-state index in [9.17, 15) is 25.2 Å². The van der Waals surface area contributed by atoms with Crippen molar-refractivity contribution in [3.63, 3.8) is 0 Å². The Bertz CT molecular complexity index is 967. The van der Waals surface area contributed by atoms with E-state index in [0.717, 1.165) is 6.08 Å². The molecule has 1 aromatic heterocycles.